The highest BCUT2D eigenvalue weighted by Crippen LogP contribution is 2.29. The maximum absolute atomic E-state index is 8.96. The molecule has 4 heteroatoms. The SMILES string of the molecule is Oc1cncc(Br)c1Br. The van der Waals surface area contributed by atoms with Gasteiger partial charge in [0.15, 0.2) is 0 Å². The monoisotopic (exact) mass is 251 g/mol. The quantitative estimate of drug-likeness (QED) is 0.769. The molecule has 0 aliphatic heterocycles. The molecule has 0 bridgehead atoms. The van der Waals surface area contributed by atoms with E-state index in [0.717, 1.165) is 4.47 Å². The van der Waals surface area contributed by atoms with Crippen molar-refractivity contribution in [3.63, 3.8) is 0 Å². The van der Waals surface area contributed by atoms with Crippen LogP contribution in [0.25, 0.3) is 0 Å². The summed E-state index contributed by atoms with van der Waals surface area (Å²) < 4.78 is 1.39. The highest BCUT2D eigenvalue weighted by atomic mass is 79.9. The third-order valence-corrected chi connectivity index (χ3v) is 2.79. The van der Waals surface area contributed by atoms with Crippen LogP contribution in [0.2, 0.25) is 0 Å². The lowest BCUT2D eigenvalue weighted by Gasteiger charge is -1.95. The Morgan fingerprint density at radius 1 is 1.33 bits per heavy atom. The van der Waals surface area contributed by atoms with Crippen LogP contribution < -0.4 is 0 Å². The number of aromatic hydroxyl groups is 1. The van der Waals surface area contributed by atoms with Crippen LogP contribution >= 0.6 is 31.9 Å². The smallest absolute Gasteiger partial charge is 0.149 e. The van der Waals surface area contributed by atoms with E-state index < -0.39 is 0 Å². The van der Waals surface area contributed by atoms with Crippen molar-refractivity contribution >= 4 is 31.9 Å². The van der Waals surface area contributed by atoms with Gasteiger partial charge in [0.2, 0.25) is 0 Å². The van der Waals surface area contributed by atoms with Crippen LogP contribution in [-0.4, -0.2) is 10.1 Å². The van der Waals surface area contributed by atoms with Crippen molar-refractivity contribution in [1.82, 2.24) is 4.98 Å². The van der Waals surface area contributed by atoms with E-state index in [0.29, 0.717) is 4.47 Å². The minimum Gasteiger partial charge on any atom is -0.505 e. The summed E-state index contributed by atoms with van der Waals surface area (Å²) in [6, 6.07) is 0. The van der Waals surface area contributed by atoms with E-state index in [-0.39, 0.29) is 5.75 Å². The van der Waals surface area contributed by atoms with Gasteiger partial charge in [0, 0.05) is 6.20 Å². The minimum absolute atomic E-state index is 0.143. The zero-order chi connectivity index (χ0) is 6.85. The second-order valence-corrected chi connectivity index (χ2v) is 3.10. The fourth-order valence-corrected chi connectivity index (χ4v) is 0.935. The minimum atomic E-state index is 0.143. The highest BCUT2D eigenvalue weighted by molar-refractivity contribution is 9.13. The lowest BCUT2D eigenvalue weighted by molar-refractivity contribution is 0.468. The van der Waals surface area contributed by atoms with Crippen LogP contribution in [0.4, 0.5) is 0 Å². The van der Waals surface area contributed by atoms with Gasteiger partial charge >= 0.3 is 0 Å². The molecule has 0 atom stereocenters. The van der Waals surface area contributed by atoms with E-state index >= 15 is 0 Å². The molecule has 1 aromatic rings. The summed E-state index contributed by atoms with van der Waals surface area (Å²) in [5, 5.41) is 8.96. The van der Waals surface area contributed by atoms with Crippen LogP contribution in [0.1, 0.15) is 0 Å². The van der Waals surface area contributed by atoms with Crippen molar-refractivity contribution < 1.29 is 5.11 Å². The highest BCUT2D eigenvalue weighted by Gasteiger charge is 1.99. The van der Waals surface area contributed by atoms with Gasteiger partial charge in [-0.3, -0.25) is 4.98 Å². The van der Waals surface area contributed by atoms with Crippen LogP contribution in [0.5, 0.6) is 5.75 Å². The van der Waals surface area contributed by atoms with Crippen LogP contribution in [0.3, 0.4) is 0 Å². The number of aromatic nitrogens is 1. The topological polar surface area (TPSA) is 33.1 Å². The van der Waals surface area contributed by atoms with Gasteiger partial charge < -0.3 is 5.11 Å². The molecular weight excluding hydrogens is 250 g/mol. The Hall–Kier alpha value is -0.0900. The predicted molar refractivity (Wildman–Crippen MR) is 41.3 cm³/mol. The van der Waals surface area contributed by atoms with Crippen LogP contribution in [0.15, 0.2) is 21.3 Å². The Kier molecular flexibility index (Phi) is 2.08. The summed E-state index contributed by atoms with van der Waals surface area (Å²) in [5.74, 6) is 0.143. The lowest BCUT2D eigenvalue weighted by atomic mass is 10.5. The first-order valence-electron chi connectivity index (χ1n) is 2.20. The maximum Gasteiger partial charge on any atom is 0.149 e. The Bertz CT molecular complexity index is 206. The van der Waals surface area contributed by atoms with Gasteiger partial charge in [0.25, 0.3) is 0 Å². The van der Waals surface area contributed by atoms with E-state index in [9.17, 15) is 0 Å². The number of pyridine rings is 1. The maximum atomic E-state index is 8.96. The average Bonchev–Trinajstić information content (AvgIpc) is 1.83. The molecule has 1 aromatic heterocycles. The third-order valence-electron chi connectivity index (χ3n) is 0.819. The summed E-state index contributed by atoms with van der Waals surface area (Å²) in [4.78, 5) is 3.72. The summed E-state index contributed by atoms with van der Waals surface area (Å²) >= 11 is 6.32. The number of nitrogens with zero attached hydrogens (tertiary/aromatic N) is 1. The molecule has 0 saturated carbocycles. The molecule has 0 aliphatic carbocycles. The van der Waals surface area contributed by atoms with Crippen molar-refractivity contribution in [2.45, 2.75) is 0 Å². The van der Waals surface area contributed by atoms with Crippen LogP contribution in [0, 0.1) is 0 Å². The zero-order valence-corrected chi connectivity index (χ0v) is 7.48. The summed E-state index contributed by atoms with van der Waals surface area (Å²) in [5.41, 5.74) is 0. The number of hydrogen-bond donors (Lipinski definition) is 1. The first-order chi connectivity index (χ1) is 4.22. The molecule has 0 amide bonds. The predicted octanol–water partition coefficient (Wildman–Crippen LogP) is 2.31. The van der Waals surface area contributed by atoms with Gasteiger partial charge in [-0.1, -0.05) is 0 Å². The molecule has 1 N–H and O–H groups in total. The van der Waals surface area contributed by atoms with E-state index in [1.165, 1.54) is 6.20 Å². The van der Waals surface area contributed by atoms with Gasteiger partial charge in [-0.2, -0.15) is 0 Å². The summed E-state index contributed by atoms with van der Waals surface area (Å²) in [6.07, 6.45) is 2.97. The zero-order valence-electron chi connectivity index (χ0n) is 4.31. The number of hydrogen-bond acceptors (Lipinski definition) is 2. The van der Waals surface area contributed by atoms with Crippen molar-refractivity contribution in [2.24, 2.45) is 0 Å². The molecule has 0 saturated heterocycles. The van der Waals surface area contributed by atoms with Crippen molar-refractivity contribution in [2.75, 3.05) is 0 Å². The average molecular weight is 253 g/mol. The fraction of sp³-hybridized carbons (Fsp3) is 0. The van der Waals surface area contributed by atoms with Gasteiger partial charge in [0.1, 0.15) is 5.75 Å². The number of rotatable bonds is 0. The molecule has 0 radical (unpaired) electrons. The summed E-state index contributed by atoms with van der Waals surface area (Å²) in [6.45, 7) is 0. The second-order valence-electron chi connectivity index (χ2n) is 1.45. The van der Waals surface area contributed by atoms with Crippen LogP contribution in [-0.2, 0) is 0 Å². The Balaban J connectivity index is 3.25. The third kappa shape index (κ3) is 1.43. The molecular formula is C5H3Br2NO. The molecule has 0 spiro atoms. The second kappa shape index (κ2) is 2.66. The van der Waals surface area contributed by atoms with E-state index in [2.05, 4.69) is 36.8 Å². The largest absolute Gasteiger partial charge is 0.505 e. The molecule has 0 aromatic carbocycles. The standard InChI is InChI=1S/C5H3Br2NO/c6-3-1-8-2-4(9)5(3)7/h1-2,9H. The van der Waals surface area contributed by atoms with Gasteiger partial charge in [0.05, 0.1) is 15.1 Å². The molecule has 1 rings (SSSR count). The lowest BCUT2D eigenvalue weighted by Crippen LogP contribution is -1.73. The molecule has 0 aliphatic rings. The normalized spacial score (nSPS) is 9.56. The number of halogens is 2. The van der Waals surface area contributed by atoms with E-state index in [1.54, 1.807) is 6.20 Å². The first kappa shape index (κ1) is 7.02. The molecule has 48 valence electrons. The van der Waals surface area contributed by atoms with E-state index in [1.807, 2.05) is 0 Å². The van der Waals surface area contributed by atoms with Gasteiger partial charge in [-0.25, -0.2) is 0 Å². The fourth-order valence-electron chi connectivity index (χ4n) is 0.409. The van der Waals surface area contributed by atoms with E-state index in [4.69, 9.17) is 5.11 Å². The summed E-state index contributed by atoms with van der Waals surface area (Å²) in [7, 11) is 0. The first-order valence-corrected chi connectivity index (χ1v) is 3.78. The molecule has 9 heavy (non-hydrogen) atoms. The van der Waals surface area contributed by atoms with Gasteiger partial charge in [-0.15, -0.1) is 0 Å². The van der Waals surface area contributed by atoms with Crippen molar-refractivity contribution in [3.05, 3.63) is 21.3 Å². The van der Waals surface area contributed by atoms with Gasteiger partial charge in [-0.05, 0) is 31.9 Å². The Labute approximate surface area is 69.2 Å². The molecule has 0 fully saturated rings. The van der Waals surface area contributed by atoms with Crippen molar-refractivity contribution in [1.29, 1.82) is 0 Å². The Morgan fingerprint density at radius 2 is 2.00 bits per heavy atom. The molecule has 0 unspecified atom stereocenters. The Morgan fingerprint density at radius 3 is 2.44 bits per heavy atom. The molecule has 1 heterocycles. The molecule has 2 nitrogen and oxygen atoms in total. The van der Waals surface area contributed by atoms with Crippen molar-refractivity contribution in [3.8, 4) is 5.75 Å².